The number of rotatable bonds is 4. The van der Waals surface area contributed by atoms with Crippen LogP contribution in [0.25, 0.3) is 6.08 Å². The van der Waals surface area contributed by atoms with Gasteiger partial charge in [-0.1, -0.05) is 11.6 Å². The minimum Gasteiger partial charge on any atom is -0.496 e. The highest BCUT2D eigenvalue weighted by Gasteiger charge is 2.24. The third-order valence-electron chi connectivity index (χ3n) is 4.44. The van der Waals surface area contributed by atoms with Gasteiger partial charge in [-0.05, 0) is 31.2 Å². The first-order chi connectivity index (χ1) is 12.6. The number of carbonyl (C=O) groups excluding carboxylic acids is 2. The van der Waals surface area contributed by atoms with Crippen molar-refractivity contribution < 1.29 is 18.7 Å². The second-order valence-electron chi connectivity index (χ2n) is 6.21. The number of methoxy groups -OCH3 is 1. The lowest BCUT2D eigenvalue weighted by Crippen LogP contribution is -2.50. The number of ether oxygens (including phenoxy) is 1. The van der Waals surface area contributed by atoms with Gasteiger partial charge < -0.3 is 19.0 Å². The van der Waals surface area contributed by atoms with E-state index >= 15 is 0 Å². The number of benzene rings is 1. The highest BCUT2D eigenvalue weighted by Crippen LogP contribution is 2.21. The molecule has 0 unspecified atom stereocenters. The van der Waals surface area contributed by atoms with Gasteiger partial charge in [-0.25, -0.2) is 0 Å². The van der Waals surface area contributed by atoms with E-state index in [1.54, 1.807) is 35.1 Å². The van der Waals surface area contributed by atoms with Gasteiger partial charge in [0.25, 0.3) is 5.91 Å². The van der Waals surface area contributed by atoms with Gasteiger partial charge in [0.15, 0.2) is 0 Å². The predicted octanol–water partition coefficient (Wildman–Crippen LogP) is 2.59. The van der Waals surface area contributed by atoms with Crippen molar-refractivity contribution in [2.75, 3.05) is 33.3 Å². The fourth-order valence-electron chi connectivity index (χ4n) is 2.95. The molecule has 0 spiro atoms. The van der Waals surface area contributed by atoms with Gasteiger partial charge in [-0.2, -0.15) is 0 Å². The van der Waals surface area contributed by atoms with Gasteiger partial charge in [0.05, 0.1) is 18.9 Å². The van der Waals surface area contributed by atoms with E-state index < -0.39 is 0 Å². The van der Waals surface area contributed by atoms with Crippen LogP contribution in [0.4, 0.5) is 0 Å². The average molecular weight is 354 g/mol. The third-order valence-corrected chi connectivity index (χ3v) is 4.44. The Bertz CT molecular complexity index is 803. The molecule has 1 aliphatic rings. The SMILES string of the molecule is COc1ccc(C)cc1/C=C/C(=O)N1CCN(C(=O)c2ccoc2)CC1. The Morgan fingerprint density at radius 1 is 1.12 bits per heavy atom. The Morgan fingerprint density at radius 2 is 1.85 bits per heavy atom. The first-order valence-corrected chi connectivity index (χ1v) is 8.51. The van der Waals surface area contributed by atoms with Gasteiger partial charge in [0.2, 0.25) is 5.91 Å². The average Bonchev–Trinajstić information content (AvgIpc) is 3.20. The first kappa shape index (κ1) is 17.8. The van der Waals surface area contributed by atoms with Crippen LogP contribution in [0.2, 0.25) is 0 Å². The monoisotopic (exact) mass is 354 g/mol. The molecule has 0 bridgehead atoms. The Labute approximate surface area is 152 Å². The summed E-state index contributed by atoms with van der Waals surface area (Å²) in [4.78, 5) is 28.2. The highest BCUT2D eigenvalue weighted by atomic mass is 16.5. The second kappa shape index (κ2) is 7.91. The molecule has 0 N–H and O–H groups in total. The topological polar surface area (TPSA) is 63.0 Å². The van der Waals surface area contributed by atoms with Crippen molar-refractivity contribution in [3.8, 4) is 5.75 Å². The maximum absolute atomic E-state index is 12.4. The molecule has 1 fully saturated rings. The molecule has 1 aromatic carbocycles. The summed E-state index contributed by atoms with van der Waals surface area (Å²) in [5, 5.41) is 0. The van der Waals surface area contributed by atoms with Crippen molar-refractivity contribution in [3.63, 3.8) is 0 Å². The molecule has 3 rings (SSSR count). The summed E-state index contributed by atoms with van der Waals surface area (Å²) in [5.41, 5.74) is 2.51. The van der Waals surface area contributed by atoms with E-state index in [9.17, 15) is 9.59 Å². The first-order valence-electron chi connectivity index (χ1n) is 8.51. The lowest BCUT2D eigenvalue weighted by atomic mass is 10.1. The van der Waals surface area contributed by atoms with Crippen molar-refractivity contribution in [1.82, 2.24) is 9.80 Å². The predicted molar refractivity (Wildman–Crippen MR) is 98.0 cm³/mol. The molecular formula is C20H22N2O4. The minimum absolute atomic E-state index is 0.0640. The normalized spacial score (nSPS) is 14.7. The molecule has 0 saturated carbocycles. The zero-order valence-electron chi connectivity index (χ0n) is 15.0. The molecule has 26 heavy (non-hydrogen) atoms. The van der Waals surface area contributed by atoms with E-state index in [-0.39, 0.29) is 11.8 Å². The van der Waals surface area contributed by atoms with E-state index in [0.29, 0.717) is 31.7 Å². The number of aryl methyl sites for hydroxylation is 1. The van der Waals surface area contributed by atoms with Crippen LogP contribution >= 0.6 is 0 Å². The zero-order valence-corrected chi connectivity index (χ0v) is 15.0. The Hall–Kier alpha value is -3.02. The van der Waals surface area contributed by atoms with E-state index in [1.165, 1.54) is 12.5 Å². The molecule has 0 aliphatic carbocycles. The summed E-state index contributed by atoms with van der Waals surface area (Å²) in [7, 11) is 1.61. The number of piperazine rings is 1. The van der Waals surface area contributed by atoms with Gasteiger partial charge in [-0.3, -0.25) is 9.59 Å². The smallest absolute Gasteiger partial charge is 0.257 e. The summed E-state index contributed by atoms with van der Waals surface area (Å²) in [6, 6.07) is 7.48. The van der Waals surface area contributed by atoms with Crippen LogP contribution in [-0.4, -0.2) is 54.9 Å². The fourth-order valence-corrected chi connectivity index (χ4v) is 2.95. The highest BCUT2D eigenvalue weighted by molar-refractivity contribution is 5.95. The molecule has 2 aromatic rings. The van der Waals surface area contributed by atoms with E-state index in [0.717, 1.165) is 16.9 Å². The largest absolute Gasteiger partial charge is 0.496 e. The van der Waals surface area contributed by atoms with Crippen molar-refractivity contribution in [3.05, 3.63) is 59.6 Å². The number of hydrogen-bond donors (Lipinski definition) is 0. The van der Waals surface area contributed by atoms with Gasteiger partial charge in [0.1, 0.15) is 12.0 Å². The summed E-state index contributed by atoms with van der Waals surface area (Å²) in [6.45, 7) is 4.04. The fraction of sp³-hybridized carbons (Fsp3) is 0.300. The van der Waals surface area contributed by atoms with Crippen molar-refractivity contribution in [1.29, 1.82) is 0 Å². The van der Waals surface area contributed by atoms with Crippen molar-refractivity contribution in [2.24, 2.45) is 0 Å². The van der Waals surface area contributed by atoms with Gasteiger partial charge >= 0.3 is 0 Å². The van der Waals surface area contributed by atoms with Crippen LogP contribution in [0.15, 0.2) is 47.3 Å². The van der Waals surface area contributed by atoms with E-state index in [2.05, 4.69) is 0 Å². The number of hydrogen-bond acceptors (Lipinski definition) is 4. The summed E-state index contributed by atoms with van der Waals surface area (Å²) < 4.78 is 10.3. The number of carbonyl (C=O) groups is 2. The van der Waals surface area contributed by atoms with E-state index in [4.69, 9.17) is 9.15 Å². The molecule has 6 nitrogen and oxygen atoms in total. The quantitative estimate of drug-likeness (QED) is 0.792. The zero-order chi connectivity index (χ0) is 18.5. The van der Waals surface area contributed by atoms with Crippen LogP contribution in [0.3, 0.4) is 0 Å². The van der Waals surface area contributed by atoms with Crippen LogP contribution in [0.5, 0.6) is 5.75 Å². The number of nitrogens with zero attached hydrogens (tertiary/aromatic N) is 2. The van der Waals surface area contributed by atoms with Gasteiger partial charge in [-0.15, -0.1) is 0 Å². The Balaban J connectivity index is 1.59. The molecule has 2 heterocycles. The number of furan rings is 1. The molecule has 1 aromatic heterocycles. The summed E-state index contributed by atoms with van der Waals surface area (Å²) in [5.74, 6) is 0.602. The Morgan fingerprint density at radius 3 is 2.50 bits per heavy atom. The summed E-state index contributed by atoms with van der Waals surface area (Å²) >= 11 is 0. The van der Waals surface area contributed by atoms with Gasteiger partial charge in [0, 0.05) is 37.8 Å². The van der Waals surface area contributed by atoms with Crippen molar-refractivity contribution in [2.45, 2.75) is 6.92 Å². The van der Waals surface area contributed by atoms with Crippen LogP contribution in [0.1, 0.15) is 21.5 Å². The second-order valence-corrected chi connectivity index (χ2v) is 6.21. The third kappa shape index (κ3) is 3.96. The molecule has 0 atom stereocenters. The molecule has 1 aliphatic heterocycles. The van der Waals surface area contributed by atoms with Crippen LogP contribution < -0.4 is 4.74 Å². The number of amides is 2. The van der Waals surface area contributed by atoms with Crippen molar-refractivity contribution >= 4 is 17.9 Å². The molecule has 136 valence electrons. The Kier molecular flexibility index (Phi) is 5.41. The molecule has 2 amide bonds. The van der Waals surface area contributed by atoms with Crippen LogP contribution in [-0.2, 0) is 4.79 Å². The maximum atomic E-state index is 12.4. The standard InChI is InChI=1S/C20H22N2O4/c1-15-3-5-18(25-2)16(13-15)4-6-19(23)21-8-10-22(11-9-21)20(24)17-7-12-26-14-17/h3-7,12-14H,8-11H2,1-2H3/b6-4+. The van der Waals surface area contributed by atoms with Crippen LogP contribution in [0, 0.1) is 6.92 Å². The molecule has 0 radical (unpaired) electrons. The summed E-state index contributed by atoms with van der Waals surface area (Å²) in [6.07, 6.45) is 6.26. The lowest BCUT2D eigenvalue weighted by Gasteiger charge is -2.34. The maximum Gasteiger partial charge on any atom is 0.257 e. The van der Waals surface area contributed by atoms with E-state index in [1.807, 2.05) is 25.1 Å². The molecule has 1 saturated heterocycles. The minimum atomic E-state index is -0.0658. The lowest BCUT2D eigenvalue weighted by molar-refractivity contribution is -0.127. The molecular weight excluding hydrogens is 332 g/mol. The molecule has 6 heteroatoms.